The zero-order valence-corrected chi connectivity index (χ0v) is 15.2. The molecular formula is C18H20N2OS2. The standard InChI is InChI=1S/C18H20N2OS2/c1-4-11(3)12-6-8-13(9-7-12)20-17(21)15-10-14(5-2)23-16(15)19-18(20)22/h6-11H,4-5H2,1-3H3,(H,19,22)/t11-/m1/s1. The highest BCUT2D eigenvalue weighted by molar-refractivity contribution is 7.71. The SMILES string of the molecule is CCc1cc2c(=O)n(-c3ccc([C@H](C)CC)cc3)c(=S)[nH]c2s1. The summed E-state index contributed by atoms with van der Waals surface area (Å²) in [5.41, 5.74) is 2.05. The maximum Gasteiger partial charge on any atom is 0.267 e. The first-order valence-electron chi connectivity index (χ1n) is 7.93. The zero-order valence-electron chi connectivity index (χ0n) is 13.6. The van der Waals surface area contributed by atoms with Gasteiger partial charge in [-0.05, 0) is 54.7 Å². The van der Waals surface area contributed by atoms with Crippen LogP contribution in [0.25, 0.3) is 15.9 Å². The molecule has 1 atom stereocenters. The van der Waals surface area contributed by atoms with Crippen LogP contribution in [0.4, 0.5) is 0 Å². The molecule has 0 bridgehead atoms. The number of rotatable bonds is 4. The molecule has 2 heterocycles. The van der Waals surface area contributed by atoms with Gasteiger partial charge in [-0.15, -0.1) is 11.3 Å². The highest BCUT2D eigenvalue weighted by atomic mass is 32.1. The molecule has 0 spiro atoms. The fraction of sp³-hybridized carbons (Fsp3) is 0.333. The van der Waals surface area contributed by atoms with Crippen molar-refractivity contribution in [3.63, 3.8) is 0 Å². The number of hydrogen-bond acceptors (Lipinski definition) is 3. The minimum absolute atomic E-state index is 0.0454. The third kappa shape index (κ3) is 2.91. The molecule has 23 heavy (non-hydrogen) atoms. The van der Waals surface area contributed by atoms with Crippen molar-refractivity contribution in [2.45, 2.75) is 39.5 Å². The molecule has 0 aliphatic carbocycles. The van der Waals surface area contributed by atoms with Gasteiger partial charge in [0.15, 0.2) is 4.77 Å². The first-order chi connectivity index (χ1) is 11.0. The van der Waals surface area contributed by atoms with Crippen LogP contribution < -0.4 is 5.56 Å². The number of hydrogen-bond donors (Lipinski definition) is 1. The molecule has 0 saturated carbocycles. The van der Waals surface area contributed by atoms with E-state index in [0.29, 0.717) is 16.1 Å². The second-order valence-electron chi connectivity index (χ2n) is 5.78. The van der Waals surface area contributed by atoms with E-state index in [2.05, 4.69) is 37.9 Å². The zero-order chi connectivity index (χ0) is 16.6. The lowest BCUT2D eigenvalue weighted by Gasteiger charge is -2.11. The Morgan fingerprint density at radius 1 is 1.26 bits per heavy atom. The molecule has 0 aliphatic heterocycles. The fourth-order valence-corrected chi connectivity index (χ4v) is 4.00. The largest absolute Gasteiger partial charge is 0.323 e. The number of thiophene rings is 1. The molecule has 5 heteroatoms. The van der Waals surface area contributed by atoms with E-state index in [1.165, 1.54) is 10.4 Å². The molecule has 3 rings (SSSR count). The Bertz CT molecular complexity index is 948. The lowest BCUT2D eigenvalue weighted by atomic mass is 9.99. The smallest absolute Gasteiger partial charge is 0.267 e. The van der Waals surface area contributed by atoms with Crippen molar-refractivity contribution in [1.29, 1.82) is 0 Å². The summed E-state index contributed by atoms with van der Waals surface area (Å²) in [5, 5.41) is 0.714. The second kappa shape index (κ2) is 6.42. The lowest BCUT2D eigenvalue weighted by molar-refractivity contribution is 0.733. The summed E-state index contributed by atoms with van der Waals surface area (Å²) in [7, 11) is 0. The number of nitrogens with zero attached hydrogens (tertiary/aromatic N) is 1. The molecule has 3 nitrogen and oxygen atoms in total. The number of fused-ring (bicyclic) bond motifs is 1. The average molecular weight is 345 g/mol. The topological polar surface area (TPSA) is 37.8 Å². The van der Waals surface area contributed by atoms with Crippen LogP contribution in [0.15, 0.2) is 35.1 Å². The van der Waals surface area contributed by atoms with Crippen LogP contribution in [0.1, 0.15) is 43.6 Å². The van der Waals surface area contributed by atoms with Crippen molar-refractivity contribution in [3.05, 3.63) is 55.9 Å². The molecule has 3 aromatic rings. The lowest BCUT2D eigenvalue weighted by Crippen LogP contribution is -2.19. The summed E-state index contributed by atoms with van der Waals surface area (Å²) in [6.07, 6.45) is 2.02. The monoisotopic (exact) mass is 344 g/mol. The molecule has 0 unspecified atom stereocenters. The van der Waals surface area contributed by atoms with Crippen LogP contribution in [-0.2, 0) is 6.42 Å². The Hall–Kier alpha value is -1.72. The summed E-state index contributed by atoms with van der Waals surface area (Å²) in [5.74, 6) is 0.516. The predicted molar refractivity (Wildman–Crippen MR) is 101 cm³/mol. The Labute approximate surface area is 144 Å². The van der Waals surface area contributed by atoms with Crippen molar-refractivity contribution in [1.82, 2.24) is 9.55 Å². The highest BCUT2D eigenvalue weighted by Crippen LogP contribution is 2.23. The van der Waals surface area contributed by atoms with Crippen LogP contribution in [0, 0.1) is 4.77 Å². The number of benzene rings is 1. The van der Waals surface area contributed by atoms with E-state index in [9.17, 15) is 4.79 Å². The van der Waals surface area contributed by atoms with Crippen molar-refractivity contribution >= 4 is 33.8 Å². The third-order valence-corrected chi connectivity index (χ3v) is 5.80. The minimum atomic E-state index is -0.0454. The van der Waals surface area contributed by atoms with E-state index in [-0.39, 0.29) is 5.56 Å². The molecule has 0 radical (unpaired) electrons. The van der Waals surface area contributed by atoms with Gasteiger partial charge in [0.25, 0.3) is 5.56 Å². The van der Waals surface area contributed by atoms with Gasteiger partial charge < -0.3 is 4.98 Å². The quantitative estimate of drug-likeness (QED) is 0.662. The fourth-order valence-electron chi connectivity index (χ4n) is 2.66. The number of nitrogens with one attached hydrogen (secondary N) is 1. The predicted octanol–water partition coefficient (Wildman–Crippen LogP) is 5.19. The maximum absolute atomic E-state index is 12.8. The van der Waals surface area contributed by atoms with Crippen LogP contribution in [-0.4, -0.2) is 9.55 Å². The highest BCUT2D eigenvalue weighted by Gasteiger charge is 2.11. The summed E-state index contributed by atoms with van der Waals surface area (Å²) in [6, 6.07) is 10.1. The Kier molecular flexibility index (Phi) is 4.50. The van der Waals surface area contributed by atoms with Gasteiger partial charge in [0, 0.05) is 4.88 Å². The van der Waals surface area contributed by atoms with Gasteiger partial charge in [0.05, 0.1) is 11.1 Å². The number of aromatic amines is 1. The van der Waals surface area contributed by atoms with Crippen molar-refractivity contribution in [2.75, 3.05) is 0 Å². The molecule has 0 saturated heterocycles. The second-order valence-corrected chi connectivity index (χ2v) is 7.30. The van der Waals surface area contributed by atoms with Crippen LogP contribution in [0.2, 0.25) is 0 Å². The average Bonchev–Trinajstić information content (AvgIpc) is 2.98. The Morgan fingerprint density at radius 3 is 2.57 bits per heavy atom. The van der Waals surface area contributed by atoms with Crippen LogP contribution in [0.5, 0.6) is 0 Å². The Morgan fingerprint density at radius 2 is 1.96 bits per heavy atom. The first-order valence-corrected chi connectivity index (χ1v) is 9.15. The van der Waals surface area contributed by atoms with E-state index < -0.39 is 0 Å². The van der Waals surface area contributed by atoms with E-state index in [0.717, 1.165) is 23.4 Å². The van der Waals surface area contributed by atoms with Crippen molar-refractivity contribution in [2.24, 2.45) is 0 Å². The number of aromatic nitrogens is 2. The van der Waals surface area contributed by atoms with Crippen LogP contribution >= 0.6 is 23.6 Å². The molecule has 0 aliphatic rings. The van der Waals surface area contributed by atoms with Crippen molar-refractivity contribution < 1.29 is 0 Å². The Balaban J connectivity index is 2.16. The van der Waals surface area contributed by atoms with E-state index in [1.807, 2.05) is 18.2 Å². The molecule has 2 aromatic heterocycles. The third-order valence-electron chi connectivity index (χ3n) is 4.32. The normalized spacial score (nSPS) is 12.7. The summed E-state index contributed by atoms with van der Waals surface area (Å²) in [6.45, 7) is 6.47. The molecule has 0 fully saturated rings. The summed E-state index contributed by atoms with van der Waals surface area (Å²) >= 11 is 7.02. The summed E-state index contributed by atoms with van der Waals surface area (Å²) in [4.78, 5) is 18.1. The molecule has 120 valence electrons. The van der Waals surface area contributed by atoms with E-state index >= 15 is 0 Å². The maximum atomic E-state index is 12.8. The van der Waals surface area contributed by atoms with Gasteiger partial charge in [-0.2, -0.15) is 0 Å². The molecular weight excluding hydrogens is 324 g/mol. The van der Waals surface area contributed by atoms with Crippen LogP contribution in [0.3, 0.4) is 0 Å². The van der Waals surface area contributed by atoms with Gasteiger partial charge in [0.2, 0.25) is 0 Å². The number of H-pyrrole nitrogens is 1. The summed E-state index contributed by atoms with van der Waals surface area (Å²) < 4.78 is 2.04. The van der Waals surface area contributed by atoms with E-state index in [4.69, 9.17) is 12.2 Å². The first kappa shape index (κ1) is 16.1. The van der Waals surface area contributed by atoms with E-state index in [1.54, 1.807) is 15.9 Å². The minimum Gasteiger partial charge on any atom is -0.323 e. The van der Waals surface area contributed by atoms with Gasteiger partial charge >= 0.3 is 0 Å². The van der Waals surface area contributed by atoms with Gasteiger partial charge in [-0.25, -0.2) is 0 Å². The van der Waals surface area contributed by atoms with Gasteiger partial charge in [-0.3, -0.25) is 9.36 Å². The van der Waals surface area contributed by atoms with Gasteiger partial charge in [0.1, 0.15) is 4.83 Å². The van der Waals surface area contributed by atoms with Crippen molar-refractivity contribution in [3.8, 4) is 5.69 Å². The number of aryl methyl sites for hydroxylation is 1. The molecule has 1 N–H and O–H groups in total. The molecule has 1 aromatic carbocycles. The van der Waals surface area contributed by atoms with Gasteiger partial charge in [-0.1, -0.05) is 32.9 Å². The molecule has 0 amide bonds.